The maximum absolute atomic E-state index is 12.1. The topological polar surface area (TPSA) is 49.4 Å². The van der Waals surface area contributed by atoms with Crippen molar-refractivity contribution in [2.45, 2.75) is 219 Å². The normalized spacial score (nSPS) is 12.9. The zero-order valence-electron chi connectivity index (χ0n) is 28.0. The monoisotopic (exact) mass is 643 g/mol. The number of hydrogen-bond donors (Lipinski definition) is 0. The molecule has 0 heterocycles. The van der Waals surface area contributed by atoms with Gasteiger partial charge in [0.1, 0.15) is 7.60 Å². The van der Waals surface area contributed by atoms with E-state index in [1.165, 1.54) is 173 Å². The van der Waals surface area contributed by atoms with E-state index in [2.05, 4.69) is 13.8 Å². The fourth-order valence-corrected chi connectivity index (χ4v) is 6.92. The summed E-state index contributed by atoms with van der Waals surface area (Å²) in [6, 6.07) is 0. The summed E-state index contributed by atoms with van der Waals surface area (Å²) in [5.74, 6) is 0. The second-order valence-corrected chi connectivity index (χ2v) is 14.7. The van der Waals surface area contributed by atoms with Crippen LogP contribution in [0.25, 0.3) is 0 Å². The van der Waals surface area contributed by atoms with Crippen LogP contribution in [0.15, 0.2) is 0 Å². The average molecular weight is 645 g/mol. The Morgan fingerprint density at radius 2 is 0.610 bits per heavy atom. The fraction of sp³-hybridized carbons (Fsp3) is 1.00. The molecule has 0 aliphatic heterocycles. The molecule has 0 amide bonds. The van der Waals surface area contributed by atoms with Gasteiger partial charge in [0.2, 0.25) is 0 Å². The summed E-state index contributed by atoms with van der Waals surface area (Å²) in [5, 5.41) is 0. The van der Waals surface area contributed by atoms with Gasteiger partial charge in [0, 0.05) is 6.16 Å². The van der Waals surface area contributed by atoms with Crippen LogP contribution in [0.2, 0.25) is 0 Å². The summed E-state index contributed by atoms with van der Waals surface area (Å²) in [6.07, 6.45) is 42.4. The maximum Gasteiger partial charge on any atom is 2.00 e. The minimum atomic E-state index is -3.62. The van der Waals surface area contributed by atoms with Gasteiger partial charge < -0.3 is 14.0 Å². The SMILES string of the molecule is CCCCCCCCCCCCCCCCCCOP(=O)([O-])CCCCCCCCCCCCCCCCCC.[Ni+2]. The smallest absolute Gasteiger partial charge is 0.778 e. The van der Waals surface area contributed by atoms with Gasteiger partial charge in [0.25, 0.3) is 0 Å². The third-order valence-corrected chi connectivity index (χ3v) is 10.0. The molecule has 5 heteroatoms. The summed E-state index contributed by atoms with van der Waals surface area (Å²) in [7, 11) is -3.62. The summed E-state index contributed by atoms with van der Waals surface area (Å²) < 4.78 is 17.4. The first-order valence-electron chi connectivity index (χ1n) is 18.6. The average Bonchev–Trinajstić information content (AvgIpc) is 2.94. The Bertz CT molecular complexity index is 517. The van der Waals surface area contributed by atoms with E-state index in [0.29, 0.717) is 6.61 Å². The van der Waals surface area contributed by atoms with Crippen molar-refractivity contribution in [1.82, 2.24) is 0 Å². The van der Waals surface area contributed by atoms with Crippen molar-refractivity contribution >= 4 is 7.60 Å². The second kappa shape index (κ2) is 36.8. The molecule has 0 aliphatic rings. The molecule has 0 aromatic rings. The molecule has 0 aromatic carbocycles. The molecule has 3 nitrogen and oxygen atoms in total. The van der Waals surface area contributed by atoms with Crippen molar-refractivity contribution in [3.05, 3.63) is 0 Å². The van der Waals surface area contributed by atoms with Crippen LogP contribution in [-0.4, -0.2) is 12.8 Å². The van der Waals surface area contributed by atoms with Crippen molar-refractivity contribution in [3.8, 4) is 0 Å². The molecule has 0 N–H and O–H groups in total. The Balaban J connectivity index is 0. The quantitative estimate of drug-likeness (QED) is 0.0392. The molecule has 0 aromatic heterocycles. The Morgan fingerprint density at radius 3 is 0.878 bits per heavy atom. The van der Waals surface area contributed by atoms with E-state index in [9.17, 15) is 9.46 Å². The molecule has 0 rings (SSSR count). The molecule has 0 saturated carbocycles. The van der Waals surface area contributed by atoms with Crippen molar-refractivity contribution < 1.29 is 30.5 Å². The predicted molar refractivity (Wildman–Crippen MR) is 178 cm³/mol. The summed E-state index contributed by atoms with van der Waals surface area (Å²) in [5.41, 5.74) is 0. The molecule has 0 spiro atoms. The largest absolute Gasteiger partial charge is 2.00 e. The first kappa shape index (κ1) is 43.8. The third-order valence-electron chi connectivity index (χ3n) is 8.57. The van der Waals surface area contributed by atoms with Gasteiger partial charge in [-0.15, -0.1) is 0 Å². The van der Waals surface area contributed by atoms with Crippen molar-refractivity contribution in [2.75, 3.05) is 12.8 Å². The van der Waals surface area contributed by atoms with E-state index in [-0.39, 0.29) is 22.7 Å². The van der Waals surface area contributed by atoms with Gasteiger partial charge in [-0.1, -0.05) is 206 Å². The van der Waals surface area contributed by atoms with Crippen LogP contribution in [0.1, 0.15) is 219 Å². The Hall–Kier alpha value is 0.644. The molecule has 1 atom stereocenters. The minimum Gasteiger partial charge on any atom is -0.778 e. The van der Waals surface area contributed by atoms with Gasteiger partial charge in [-0.3, -0.25) is 0 Å². The van der Waals surface area contributed by atoms with Gasteiger partial charge in [-0.2, -0.15) is 0 Å². The molecule has 0 bridgehead atoms. The van der Waals surface area contributed by atoms with E-state index in [1.54, 1.807) is 0 Å². The van der Waals surface area contributed by atoms with Crippen molar-refractivity contribution in [3.63, 3.8) is 0 Å². The Labute approximate surface area is 269 Å². The standard InChI is InChI=1S/C36H75O3P.Ni/c1-3-5-7-9-11-13-15-17-19-21-23-25-27-29-31-33-35-39-40(37,38)36-34-32-30-28-26-24-22-20-18-16-14-12-10-8-6-4-2;/h3-36H2,1-2H3,(H,37,38);/q;+2/p-1. The van der Waals surface area contributed by atoms with E-state index in [0.717, 1.165) is 32.1 Å². The molecular weight excluding hydrogens is 570 g/mol. The molecule has 250 valence electrons. The molecule has 0 radical (unpaired) electrons. The summed E-state index contributed by atoms with van der Waals surface area (Å²) >= 11 is 0. The van der Waals surface area contributed by atoms with E-state index >= 15 is 0 Å². The zero-order valence-corrected chi connectivity index (χ0v) is 29.9. The van der Waals surface area contributed by atoms with Crippen LogP contribution >= 0.6 is 7.60 Å². The molecule has 0 aliphatic carbocycles. The Kier molecular flexibility index (Phi) is 39.3. The van der Waals surface area contributed by atoms with Gasteiger partial charge in [-0.25, -0.2) is 0 Å². The van der Waals surface area contributed by atoms with Crippen LogP contribution in [0.4, 0.5) is 0 Å². The van der Waals surface area contributed by atoms with E-state index in [1.807, 2.05) is 0 Å². The third kappa shape index (κ3) is 38.6. The Morgan fingerprint density at radius 1 is 0.390 bits per heavy atom. The van der Waals surface area contributed by atoms with Crippen LogP contribution in [0.3, 0.4) is 0 Å². The first-order valence-corrected chi connectivity index (χ1v) is 20.3. The molecule has 0 fully saturated rings. The van der Waals surface area contributed by atoms with E-state index in [4.69, 9.17) is 4.52 Å². The number of rotatable bonds is 35. The predicted octanol–water partition coefficient (Wildman–Crippen LogP) is 13.1. The van der Waals surface area contributed by atoms with Crippen molar-refractivity contribution in [2.24, 2.45) is 0 Å². The molecule has 0 saturated heterocycles. The second-order valence-electron chi connectivity index (χ2n) is 12.8. The van der Waals surface area contributed by atoms with Gasteiger partial charge in [0.05, 0.1) is 6.61 Å². The van der Waals surface area contributed by atoms with Crippen LogP contribution in [0.5, 0.6) is 0 Å². The molecular formula is C36H74NiO3P+. The molecule has 41 heavy (non-hydrogen) atoms. The molecule has 1 unspecified atom stereocenters. The van der Waals surface area contributed by atoms with Gasteiger partial charge >= 0.3 is 16.5 Å². The van der Waals surface area contributed by atoms with Crippen LogP contribution in [0, 0.1) is 0 Å². The van der Waals surface area contributed by atoms with Gasteiger partial charge in [-0.05, 0) is 12.8 Å². The fourth-order valence-electron chi connectivity index (χ4n) is 5.77. The summed E-state index contributed by atoms with van der Waals surface area (Å²) in [6.45, 7) is 4.95. The zero-order chi connectivity index (χ0) is 29.2. The number of hydrogen-bond acceptors (Lipinski definition) is 3. The first-order chi connectivity index (χ1) is 19.6. The van der Waals surface area contributed by atoms with E-state index < -0.39 is 7.60 Å². The maximum atomic E-state index is 12.1. The number of unbranched alkanes of at least 4 members (excludes halogenated alkanes) is 30. The van der Waals surface area contributed by atoms with Crippen LogP contribution < -0.4 is 4.89 Å². The van der Waals surface area contributed by atoms with Crippen molar-refractivity contribution in [1.29, 1.82) is 0 Å². The summed E-state index contributed by atoms with van der Waals surface area (Å²) in [4.78, 5) is 12.1. The van der Waals surface area contributed by atoms with Gasteiger partial charge in [0.15, 0.2) is 0 Å². The van der Waals surface area contributed by atoms with Crippen LogP contribution in [-0.2, 0) is 25.6 Å². The minimum absolute atomic E-state index is 0.